The van der Waals surface area contributed by atoms with Gasteiger partial charge in [-0.15, -0.1) is 0 Å². The number of likely N-dealkylation sites (tertiary alicyclic amines) is 1. The number of Topliss-reactive ketones (excluding diaryl/α,β-unsaturated/α-hetero) is 1. The number of carbonyl (C=O) groups is 3. The smallest absolute Gasteiger partial charge is 0.271 e. The molecule has 1 aliphatic rings. The summed E-state index contributed by atoms with van der Waals surface area (Å²) in [7, 11) is 0. The van der Waals surface area contributed by atoms with Crippen molar-refractivity contribution in [1.29, 1.82) is 0 Å². The molecule has 1 aromatic heterocycles. The van der Waals surface area contributed by atoms with Gasteiger partial charge in [0.2, 0.25) is 5.91 Å². The Morgan fingerprint density at radius 1 is 1.23 bits per heavy atom. The highest BCUT2D eigenvalue weighted by molar-refractivity contribution is 5.92. The fraction of sp³-hybridized carbons (Fsp3) is 0.533. The Morgan fingerprint density at radius 3 is 2.55 bits per heavy atom. The van der Waals surface area contributed by atoms with E-state index in [1.165, 1.54) is 25.5 Å². The molecule has 0 atom stereocenters. The SMILES string of the molecule is CC(=O)CCC(=O)N1CCC(NC(=O)c2cnccn2)CC1. The first-order valence-electron chi connectivity index (χ1n) is 7.40. The minimum atomic E-state index is -0.241. The van der Waals surface area contributed by atoms with Crippen LogP contribution in [0, 0.1) is 0 Å². The van der Waals surface area contributed by atoms with Crippen molar-refractivity contribution < 1.29 is 14.4 Å². The Kier molecular flexibility index (Phi) is 5.57. The molecule has 7 nitrogen and oxygen atoms in total. The molecule has 0 radical (unpaired) electrons. The van der Waals surface area contributed by atoms with E-state index in [4.69, 9.17) is 0 Å². The molecule has 2 amide bonds. The van der Waals surface area contributed by atoms with Gasteiger partial charge in [-0.05, 0) is 19.8 Å². The lowest BCUT2D eigenvalue weighted by Gasteiger charge is -2.32. The zero-order valence-electron chi connectivity index (χ0n) is 12.6. The largest absolute Gasteiger partial charge is 0.348 e. The van der Waals surface area contributed by atoms with Gasteiger partial charge in [0.1, 0.15) is 11.5 Å². The molecule has 2 heterocycles. The minimum absolute atomic E-state index is 0.00824. The number of hydrogen-bond donors (Lipinski definition) is 1. The van der Waals surface area contributed by atoms with Crippen LogP contribution in [0.3, 0.4) is 0 Å². The monoisotopic (exact) mass is 304 g/mol. The molecule has 22 heavy (non-hydrogen) atoms. The molecule has 0 unspecified atom stereocenters. The van der Waals surface area contributed by atoms with Crippen molar-refractivity contribution in [3.8, 4) is 0 Å². The molecule has 1 aromatic rings. The fourth-order valence-electron chi connectivity index (χ4n) is 2.39. The summed E-state index contributed by atoms with van der Waals surface area (Å²) in [5.74, 6) is -0.206. The van der Waals surface area contributed by atoms with Crippen molar-refractivity contribution in [3.63, 3.8) is 0 Å². The van der Waals surface area contributed by atoms with Crippen molar-refractivity contribution in [2.75, 3.05) is 13.1 Å². The predicted octanol–water partition coefficient (Wildman–Crippen LogP) is 0.567. The number of hydrogen-bond acceptors (Lipinski definition) is 5. The number of aromatic nitrogens is 2. The molecular formula is C15H20N4O3. The molecule has 2 rings (SSSR count). The standard InChI is InChI=1S/C15H20N4O3/c1-11(20)2-3-14(21)19-8-4-12(5-9-19)18-15(22)13-10-16-6-7-17-13/h6-7,10,12H,2-5,8-9H2,1H3,(H,18,22). The van der Waals surface area contributed by atoms with Crippen LogP contribution in [0.1, 0.15) is 43.1 Å². The van der Waals surface area contributed by atoms with Crippen LogP contribution in [0.4, 0.5) is 0 Å². The average Bonchev–Trinajstić information content (AvgIpc) is 2.54. The maximum absolute atomic E-state index is 12.0. The van der Waals surface area contributed by atoms with Gasteiger partial charge >= 0.3 is 0 Å². The first kappa shape index (κ1) is 16.1. The third kappa shape index (κ3) is 4.61. The quantitative estimate of drug-likeness (QED) is 0.858. The van der Waals surface area contributed by atoms with Crippen molar-refractivity contribution in [1.82, 2.24) is 20.2 Å². The Balaban J connectivity index is 1.76. The number of carbonyl (C=O) groups excluding carboxylic acids is 3. The van der Waals surface area contributed by atoms with Crippen molar-refractivity contribution >= 4 is 17.6 Å². The molecule has 0 saturated carbocycles. The van der Waals surface area contributed by atoms with E-state index in [-0.39, 0.29) is 30.1 Å². The van der Waals surface area contributed by atoms with Gasteiger partial charge in [-0.1, -0.05) is 0 Å². The van der Waals surface area contributed by atoms with Gasteiger partial charge in [0.05, 0.1) is 6.20 Å². The molecule has 0 bridgehead atoms. The summed E-state index contributed by atoms with van der Waals surface area (Å²) >= 11 is 0. The second-order valence-electron chi connectivity index (χ2n) is 5.42. The number of rotatable bonds is 5. The maximum atomic E-state index is 12.0. The molecule has 1 aliphatic heterocycles. The second kappa shape index (κ2) is 7.63. The van der Waals surface area contributed by atoms with Crippen LogP contribution in [0.15, 0.2) is 18.6 Å². The van der Waals surface area contributed by atoms with Crippen LogP contribution in [-0.4, -0.2) is 51.6 Å². The van der Waals surface area contributed by atoms with Crippen molar-refractivity contribution in [3.05, 3.63) is 24.3 Å². The van der Waals surface area contributed by atoms with E-state index in [1.807, 2.05) is 0 Å². The van der Waals surface area contributed by atoms with E-state index in [9.17, 15) is 14.4 Å². The van der Waals surface area contributed by atoms with E-state index in [1.54, 1.807) is 4.90 Å². The summed E-state index contributed by atoms with van der Waals surface area (Å²) in [6.45, 7) is 2.69. The molecule has 118 valence electrons. The molecule has 0 aliphatic carbocycles. The summed E-state index contributed by atoms with van der Waals surface area (Å²) in [6, 6.07) is 0.0337. The molecule has 1 saturated heterocycles. The predicted molar refractivity (Wildman–Crippen MR) is 79.0 cm³/mol. The van der Waals surface area contributed by atoms with Gasteiger partial charge in [0.25, 0.3) is 5.91 Å². The summed E-state index contributed by atoms with van der Waals surface area (Å²) in [5.41, 5.74) is 0.294. The number of nitrogens with zero attached hydrogens (tertiary/aromatic N) is 3. The molecule has 1 fully saturated rings. The van der Waals surface area contributed by atoms with E-state index in [2.05, 4.69) is 15.3 Å². The van der Waals surface area contributed by atoms with Crippen LogP contribution in [0.5, 0.6) is 0 Å². The number of amides is 2. The van der Waals surface area contributed by atoms with E-state index in [0.29, 0.717) is 38.0 Å². The molecule has 7 heteroatoms. The van der Waals surface area contributed by atoms with E-state index in [0.717, 1.165) is 0 Å². The second-order valence-corrected chi connectivity index (χ2v) is 5.42. The van der Waals surface area contributed by atoms with Crippen LogP contribution < -0.4 is 5.32 Å². The van der Waals surface area contributed by atoms with Crippen LogP contribution in [0.2, 0.25) is 0 Å². The summed E-state index contributed by atoms with van der Waals surface area (Å²) in [6.07, 6.45) is 6.40. The van der Waals surface area contributed by atoms with Crippen LogP contribution in [0.25, 0.3) is 0 Å². The zero-order valence-corrected chi connectivity index (χ0v) is 12.6. The Morgan fingerprint density at radius 2 is 1.95 bits per heavy atom. The van der Waals surface area contributed by atoms with E-state index < -0.39 is 0 Å². The van der Waals surface area contributed by atoms with Gasteiger partial charge in [-0.3, -0.25) is 14.6 Å². The zero-order chi connectivity index (χ0) is 15.9. The van der Waals surface area contributed by atoms with Gasteiger partial charge < -0.3 is 15.0 Å². The Labute approximate surface area is 129 Å². The first-order valence-corrected chi connectivity index (χ1v) is 7.40. The average molecular weight is 304 g/mol. The molecule has 0 spiro atoms. The molecule has 0 aromatic carbocycles. The maximum Gasteiger partial charge on any atom is 0.271 e. The third-order valence-electron chi connectivity index (χ3n) is 3.67. The number of nitrogens with one attached hydrogen (secondary N) is 1. The lowest BCUT2D eigenvalue weighted by Crippen LogP contribution is -2.46. The van der Waals surface area contributed by atoms with Crippen LogP contribution >= 0.6 is 0 Å². The van der Waals surface area contributed by atoms with Crippen LogP contribution in [-0.2, 0) is 9.59 Å². The highest BCUT2D eigenvalue weighted by Crippen LogP contribution is 2.12. The number of piperidine rings is 1. The highest BCUT2D eigenvalue weighted by atomic mass is 16.2. The third-order valence-corrected chi connectivity index (χ3v) is 3.67. The fourth-order valence-corrected chi connectivity index (χ4v) is 2.39. The van der Waals surface area contributed by atoms with Gasteiger partial charge in [0.15, 0.2) is 0 Å². The Hall–Kier alpha value is -2.31. The minimum Gasteiger partial charge on any atom is -0.348 e. The first-order chi connectivity index (χ1) is 10.6. The highest BCUT2D eigenvalue weighted by Gasteiger charge is 2.24. The topological polar surface area (TPSA) is 92.3 Å². The number of ketones is 1. The Bertz CT molecular complexity index is 539. The molecule has 1 N–H and O–H groups in total. The normalized spacial score (nSPS) is 15.4. The molecular weight excluding hydrogens is 284 g/mol. The summed E-state index contributed by atoms with van der Waals surface area (Å²) in [4.78, 5) is 44.4. The summed E-state index contributed by atoms with van der Waals surface area (Å²) < 4.78 is 0. The lowest BCUT2D eigenvalue weighted by atomic mass is 10.0. The van der Waals surface area contributed by atoms with E-state index >= 15 is 0 Å². The van der Waals surface area contributed by atoms with Gasteiger partial charge in [-0.25, -0.2) is 4.98 Å². The van der Waals surface area contributed by atoms with Crippen molar-refractivity contribution in [2.24, 2.45) is 0 Å². The van der Waals surface area contributed by atoms with Gasteiger partial charge in [0, 0.05) is 44.4 Å². The summed E-state index contributed by atoms with van der Waals surface area (Å²) in [5, 5.41) is 2.91. The van der Waals surface area contributed by atoms with Crippen molar-refractivity contribution in [2.45, 2.75) is 38.6 Å². The van der Waals surface area contributed by atoms with Gasteiger partial charge in [-0.2, -0.15) is 0 Å². The lowest BCUT2D eigenvalue weighted by molar-refractivity contribution is -0.133.